The van der Waals surface area contributed by atoms with Gasteiger partial charge in [0, 0.05) is 35.9 Å². The normalized spacial score (nSPS) is 18.4. The van der Waals surface area contributed by atoms with Crippen molar-refractivity contribution in [2.75, 3.05) is 46.1 Å². The molecule has 2 aromatic rings. The Kier molecular flexibility index (Phi) is 6.25. The third-order valence-electron chi connectivity index (χ3n) is 7.18. The van der Waals surface area contributed by atoms with Crippen LogP contribution in [0.2, 0.25) is 5.02 Å². The predicted octanol–water partition coefficient (Wildman–Crippen LogP) is 4.24. The highest BCUT2D eigenvalue weighted by Crippen LogP contribution is 2.42. The topological polar surface area (TPSA) is 55.9 Å². The van der Waals surface area contributed by atoms with E-state index in [1.54, 1.807) is 11.0 Å². The van der Waals surface area contributed by atoms with Gasteiger partial charge in [0.05, 0.1) is 24.2 Å². The number of carbonyl (C=O) groups is 2. The van der Waals surface area contributed by atoms with Crippen LogP contribution >= 0.6 is 11.6 Å². The number of rotatable bonds is 6. The molecule has 0 atom stereocenters. The lowest BCUT2D eigenvalue weighted by atomic mass is 9.79. The number of halogens is 1. The van der Waals surface area contributed by atoms with Gasteiger partial charge in [-0.15, -0.1) is 0 Å². The number of hydrogen-bond acceptors (Lipinski definition) is 4. The number of benzene rings is 2. The summed E-state index contributed by atoms with van der Waals surface area (Å²) in [7, 11) is 5.77. The van der Waals surface area contributed by atoms with Gasteiger partial charge in [-0.2, -0.15) is 0 Å². The zero-order valence-electron chi connectivity index (χ0n) is 20.8. The molecule has 2 amide bonds. The van der Waals surface area contributed by atoms with Crippen LogP contribution in [0.5, 0.6) is 0 Å². The smallest absolute Gasteiger partial charge is 0.254 e. The molecule has 2 heterocycles. The molecule has 0 radical (unpaired) electrons. The molecule has 2 aromatic carbocycles. The van der Waals surface area contributed by atoms with E-state index in [0.29, 0.717) is 30.2 Å². The minimum atomic E-state index is -0.489. The molecule has 0 unspecified atom stereocenters. The fraction of sp³-hybridized carbons (Fsp3) is 0.407. The average molecular weight is 481 g/mol. The van der Waals surface area contributed by atoms with E-state index in [9.17, 15) is 9.59 Å². The summed E-state index contributed by atoms with van der Waals surface area (Å²) in [6.45, 7) is 7.85. The van der Waals surface area contributed by atoms with Crippen LogP contribution in [0.4, 0.5) is 5.69 Å². The molecule has 2 aliphatic heterocycles. The van der Waals surface area contributed by atoms with Crippen molar-refractivity contribution in [3.8, 4) is 0 Å². The molecule has 6 nitrogen and oxygen atoms in total. The van der Waals surface area contributed by atoms with Crippen LogP contribution in [-0.4, -0.2) is 67.3 Å². The number of nitrogens with zero attached hydrogens (tertiary/aromatic N) is 3. The molecular weight excluding hydrogens is 448 g/mol. The van der Waals surface area contributed by atoms with E-state index in [4.69, 9.17) is 11.6 Å². The molecule has 2 aliphatic rings. The van der Waals surface area contributed by atoms with Gasteiger partial charge in [0.2, 0.25) is 5.91 Å². The molecule has 4 rings (SSSR count). The van der Waals surface area contributed by atoms with E-state index < -0.39 is 5.54 Å². The Morgan fingerprint density at radius 2 is 1.88 bits per heavy atom. The quantitative estimate of drug-likeness (QED) is 0.628. The lowest BCUT2D eigenvalue weighted by Crippen LogP contribution is -2.65. The molecule has 0 spiro atoms. The van der Waals surface area contributed by atoms with E-state index in [1.807, 2.05) is 74.3 Å². The van der Waals surface area contributed by atoms with Crippen LogP contribution < -0.4 is 5.32 Å². The van der Waals surface area contributed by atoms with Crippen LogP contribution in [0, 0.1) is 6.92 Å². The molecule has 1 N–H and O–H groups in total. The Morgan fingerprint density at radius 3 is 2.56 bits per heavy atom. The molecule has 1 saturated heterocycles. The number of anilines is 1. The van der Waals surface area contributed by atoms with Crippen molar-refractivity contribution in [2.24, 2.45) is 0 Å². The fourth-order valence-electron chi connectivity index (χ4n) is 4.90. The first kappa shape index (κ1) is 24.3. The summed E-state index contributed by atoms with van der Waals surface area (Å²) >= 11 is 6.47. The van der Waals surface area contributed by atoms with Crippen molar-refractivity contribution < 1.29 is 9.59 Å². The van der Waals surface area contributed by atoms with Crippen molar-refractivity contribution >= 4 is 29.1 Å². The van der Waals surface area contributed by atoms with Crippen molar-refractivity contribution in [1.29, 1.82) is 0 Å². The Hall–Kier alpha value is -2.83. The first-order valence-electron chi connectivity index (χ1n) is 11.5. The zero-order valence-corrected chi connectivity index (χ0v) is 21.5. The molecule has 7 heteroatoms. The number of fused-ring (bicyclic) bond motifs is 1. The van der Waals surface area contributed by atoms with E-state index >= 15 is 0 Å². The van der Waals surface area contributed by atoms with Gasteiger partial charge in [-0.25, -0.2) is 0 Å². The summed E-state index contributed by atoms with van der Waals surface area (Å²) in [5.74, 6) is 0.0135. The van der Waals surface area contributed by atoms with E-state index in [-0.39, 0.29) is 17.4 Å². The monoisotopic (exact) mass is 480 g/mol. The fourth-order valence-corrected chi connectivity index (χ4v) is 5.07. The second kappa shape index (κ2) is 8.75. The maximum Gasteiger partial charge on any atom is 0.254 e. The van der Waals surface area contributed by atoms with Crippen LogP contribution in [0.25, 0.3) is 0 Å². The van der Waals surface area contributed by atoms with Gasteiger partial charge in [0.1, 0.15) is 0 Å². The summed E-state index contributed by atoms with van der Waals surface area (Å²) in [4.78, 5) is 31.3. The lowest BCUT2D eigenvalue weighted by molar-refractivity contribution is -0.132. The maximum atomic E-state index is 12.9. The molecule has 180 valence electrons. The van der Waals surface area contributed by atoms with Crippen molar-refractivity contribution in [1.82, 2.24) is 14.7 Å². The Labute approximate surface area is 207 Å². The predicted molar refractivity (Wildman–Crippen MR) is 137 cm³/mol. The van der Waals surface area contributed by atoms with Crippen LogP contribution in [-0.2, 0) is 15.9 Å². The number of likely N-dealkylation sites (N-methyl/N-ethyl adjacent to an activating group) is 1. The highest BCUT2D eigenvalue weighted by Gasteiger charge is 2.47. The van der Waals surface area contributed by atoms with Gasteiger partial charge in [0.25, 0.3) is 5.91 Å². The number of nitrogens with one attached hydrogen (secondary N) is 1. The number of hydrogen-bond donors (Lipinski definition) is 1. The minimum Gasteiger partial charge on any atom is -0.372 e. The Morgan fingerprint density at radius 1 is 1.18 bits per heavy atom. The number of amides is 2. The van der Waals surface area contributed by atoms with Gasteiger partial charge in [-0.05, 0) is 69.8 Å². The summed E-state index contributed by atoms with van der Waals surface area (Å²) in [6, 6.07) is 11.9. The number of likely N-dealkylation sites (tertiary alicyclic amines) is 1. The third-order valence-corrected chi connectivity index (χ3v) is 7.59. The van der Waals surface area contributed by atoms with Gasteiger partial charge >= 0.3 is 0 Å². The first-order valence-corrected chi connectivity index (χ1v) is 11.9. The van der Waals surface area contributed by atoms with Crippen molar-refractivity contribution in [2.45, 2.75) is 31.8 Å². The molecule has 0 bridgehead atoms. The van der Waals surface area contributed by atoms with Gasteiger partial charge < -0.3 is 20.0 Å². The van der Waals surface area contributed by atoms with Gasteiger partial charge in [-0.1, -0.05) is 35.9 Å². The summed E-state index contributed by atoms with van der Waals surface area (Å²) in [5.41, 5.74) is 3.81. The summed E-state index contributed by atoms with van der Waals surface area (Å²) in [6.07, 6.45) is 3.52. The molecule has 34 heavy (non-hydrogen) atoms. The SMILES string of the molecule is Cc1c(Cl)cccc1C1(Nc2ccc3c(c2)C(=O)N(C)C3(C)C)CN(C(=O)/C=C/CN(C)C)C1. The zero-order chi connectivity index (χ0) is 24.8. The molecule has 1 fully saturated rings. The minimum absolute atomic E-state index is 0.00791. The van der Waals surface area contributed by atoms with Gasteiger partial charge in [0.15, 0.2) is 0 Å². The van der Waals surface area contributed by atoms with E-state index in [0.717, 1.165) is 22.4 Å². The molecule has 0 aromatic heterocycles. The summed E-state index contributed by atoms with van der Waals surface area (Å²) in [5, 5.41) is 4.37. The highest BCUT2D eigenvalue weighted by atomic mass is 35.5. The summed E-state index contributed by atoms with van der Waals surface area (Å²) < 4.78 is 0. The van der Waals surface area contributed by atoms with E-state index in [2.05, 4.69) is 25.2 Å². The highest BCUT2D eigenvalue weighted by molar-refractivity contribution is 6.31. The average Bonchev–Trinajstić information content (AvgIpc) is 2.92. The lowest BCUT2D eigenvalue weighted by Gasteiger charge is -2.51. The van der Waals surface area contributed by atoms with Gasteiger partial charge in [-0.3, -0.25) is 9.59 Å². The number of carbonyl (C=O) groups excluding carboxylic acids is 2. The molecule has 0 aliphatic carbocycles. The largest absolute Gasteiger partial charge is 0.372 e. The second-order valence-electron chi connectivity index (χ2n) is 10.2. The Balaban J connectivity index is 1.64. The van der Waals surface area contributed by atoms with Crippen LogP contribution in [0.3, 0.4) is 0 Å². The second-order valence-corrected chi connectivity index (χ2v) is 10.6. The standard InChI is InChI=1S/C27H33ClN4O2/c1-18-21(9-7-10-23(18)28)27(16-32(17-27)24(33)11-8-14-30(4)5)29-19-12-13-22-20(15-19)25(34)31(6)26(22,2)3/h7-13,15,29H,14,16-17H2,1-6H3/b11-8+. The Bertz CT molecular complexity index is 1170. The van der Waals surface area contributed by atoms with Crippen LogP contribution in [0.1, 0.15) is 40.9 Å². The van der Waals surface area contributed by atoms with Crippen LogP contribution in [0.15, 0.2) is 48.6 Å². The molecule has 0 saturated carbocycles. The van der Waals surface area contributed by atoms with Crippen molar-refractivity contribution in [3.63, 3.8) is 0 Å². The van der Waals surface area contributed by atoms with Crippen molar-refractivity contribution in [3.05, 3.63) is 75.8 Å². The van der Waals surface area contributed by atoms with E-state index in [1.165, 1.54) is 0 Å². The third kappa shape index (κ3) is 4.10. The first-order chi connectivity index (χ1) is 16.0. The maximum absolute atomic E-state index is 12.9. The molecular formula is C27H33ClN4O2.